The molecule has 0 spiro atoms. The lowest BCUT2D eigenvalue weighted by molar-refractivity contribution is -0.00893. The Morgan fingerprint density at radius 1 is 1.05 bits per heavy atom. The highest BCUT2D eigenvalue weighted by Crippen LogP contribution is 2.35. The molecule has 5 heterocycles. The van der Waals surface area contributed by atoms with Crippen LogP contribution in [0.5, 0.6) is 5.75 Å². The van der Waals surface area contributed by atoms with Crippen molar-refractivity contribution in [1.29, 1.82) is 0 Å². The normalized spacial score (nSPS) is 20.9. The largest absolute Gasteiger partial charge is 0.494 e. The number of methoxy groups -OCH3 is 1. The average molecular weight is 563 g/mol. The number of nitrogens with zero attached hydrogens (tertiary/aromatic N) is 5. The van der Waals surface area contributed by atoms with Crippen LogP contribution in [0.15, 0.2) is 30.3 Å². The van der Waals surface area contributed by atoms with Crippen molar-refractivity contribution in [2.45, 2.75) is 38.5 Å². The zero-order valence-electron chi connectivity index (χ0n) is 24.0. The van der Waals surface area contributed by atoms with Crippen LogP contribution in [0.2, 0.25) is 0 Å². The molecule has 0 radical (unpaired) electrons. The van der Waals surface area contributed by atoms with Gasteiger partial charge in [0.15, 0.2) is 5.82 Å². The third-order valence-electron chi connectivity index (χ3n) is 7.98. The lowest BCUT2D eigenvalue weighted by Crippen LogP contribution is -2.45. The van der Waals surface area contributed by atoms with Crippen molar-refractivity contribution in [3.05, 3.63) is 41.6 Å². The predicted octanol–water partition coefficient (Wildman–Crippen LogP) is 3.29. The Morgan fingerprint density at radius 2 is 1.85 bits per heavy atom. The molecular weight excluding hydrogens is 524 g/mol. The number of benzene rings is 1. The van der Waals surface area contributed by atoms with Crippen LogP contribution < -0.4 is 10.5 Å². The number of ether oxygens (including phenoxy) is 4. The molecule has 11 heteroatoms. The van der Waals surface area contributed by atoms with E-state index in [1.165, 1.54) is 0 Å². The summed E-state index contributed by atoms with van der Waals surface area (Å²) < 4.78 is 27.4. The van der Waals surface area contributed by atoms with Crippen molar-refractivity contribution in [3.8, 4) is 17.3 Å². The minimum absolute atomic E-state index is 0.00436. The van der Waals surface area contributed by atoms with E-state index in [1.807, 2.05) is 35.6 Å². The topological polar surface area (TPSA) is 119 Å². The number of likely N-dealkylation sites (tertiary alicyclic amines) is 1. The first-order valence-electron chi connectivity index (χ1n) is 14.3. The molecule has 1 fully saturated rings. The van der Waals surface area contributed by atoms with Gasteiger partial charge in [-0.1, -0.05) is 0 Å². The maximum absolute atomic E-state index is 13.4. The molecule has 2 atom stereocenters. The molecule has 1 saturated heterocycles. The van der Waals surface area contributed by atoms with Gasteiger partial charge in [-0.2, -0.15) is 0 Å². The number of hydrogen-bond acceptors (Lipinski definition) is 8. The van der Waals surface area contributed by atoms with Crippen molar-refractivity contribution < 1.29 is 23.7 Å². The van der Waals surface area contributed by atoms with Gasteiger partial charge in [0.1, 0.15) is 16.9 Å². The summed E-state index contributed by atoms with van der Waals surface area (Å²) in [5.41, 5.74) is 10.8. The Labute approximate surface area is 239 Å². The number of carbonyl (C=O) groups is 1. The van der Waals surface area contributed by atoms with E-state index in [2.05, 4.69) is 16.7 Å². The van der Waals surface area contributed by atoms with Crippen LogP contribution in [-0.2, 0) is 27.8 Å². The summed E-state index contributed by atoms with van der Waals surface area (Å²) in [4.78, 5) is 25.3. The van der Waals surface area contributed by atoms with E-state index < -0.39 is 0 Å². The fourth-order valence-corrected chi connectivity index (χ4v) is 5.82. The SMILES string of the molecule is COc1cc(C(=O)N2CCC[C@@H](N)C2)cc2nc(-c3cc4ccc5nc4n3CCOCCOCCOC5C)n(C)c12. The highest BCUT2D eigenvalue weighted by atomic mass is 16.5. The summed E-state index contributed by atoms with van der Waals surface area (Å²) in [6.07, 6.45) is 1.67. The molecule has 4 aromatic rings. The van der Waals surface area contributed by atoms with E-state index in [1.54, 1.807) is 13.2 Å². The standard InChI is InChI=1S/C30H38N6O5/c1-19-23-7-6-20-16-25(36(28(20)32-23)9-10-39-11-12-40-13-14-41-19)29-33-24-15-21(17-26(38-3)27(24)34(29)2)30(37)35-8-4-5-22(31)18-35/h6-7,15-17,19,22H,4-5,8-14,18,31H2,1-3H3/t19?,22-/m1/s1. The van der Waals surface area contributed by atoms with Crippen LogP contribution >= 0.6 is 0 Å². The summed E-state index contributed by atoms with van der Waals surface area (Å²) in [5, 5.41) is 1.00. The number of aromatic nitrogens is 4. The van der Waals surface area contributed by atoms with Gasteiger partial charge in [-0.05, 0) is 50.1 Å². The molecule has 0 aliphatic carbocycles. The van der Waals surface area contributed by atoms with Gasteiger partial charge in [0.25, 0.3) is 5.91 Å². The van der Waals surface area contributed by atoms with Crippen molar-refractivity contribution >= 4 is 28.0 Å². The molecular formula is C30H38N6O5. The Morgan fingerprint density at radius 3 is 2.66 bits per heavy atom. The van der Waals surface area contributed by atoms with Crippen LogP contribution in [0, 0.1) is 0 Å². The second-order valence-electron chi connectivity index (χ2n) is 10.8. The number of nitrogens with two attached hydrogens (primary N) is 1. The summed E-state index contributed by atoms with van der Waals surface area (Å²) in [6, 6.07) is 9.85. The molecule has 6 rings (SSSR count). The monoisotopic (exact) mass is 562 g/mol. The molecule has 3 aromatic heterocycles. The van der Waals surface area contributed by atoms with Crippen LogP contribution in [0.25, 0.3) is 33.6 Å². The predicted molar refractivity (Wildman–Crippen MR) is 155 cm³/mol. The second-order valence-corrected chi connectivity index (χ2v) is 10.8. The number of fused-ring (bicyclic) bond motifs is 2. The van der Waals surface area contributed by atoms with Crippen molar-refractivity contribution in [3.63, 3.8) is 0 Å². The number of hydrogen-bond donors (Lipinski definition) is 1. The first-order valence-corrected chi connectivity index (χ1v) is 14.3. The molecule has 2 bridgehead atoms. The zero-order valence-corrected chi connectivity index (χ0v) is 24.0. The fourth-order valence-electron chi connectivity index (χ4n) is 5.82. The van der Waals surface area contributed by atoms with Crippen LogP contribution in [0.1, 0.15) is 41.9 Å². The highest BCUT2D eigenvalue weighted by Gasteiger charge is 2.26. The van der Waals surface area contributed by atoms with E-state index in [0.717, 1.165) is 46.6 Å². The molecule has 2 aliphatic rings. The number of carbonyl (C=O) groups excluding carboxylic acids is 1. The van der Waals surface area contributed by atoms with E-state index >= 15 is 0 Å². The minimum atomic E-state index is -0.167. The quantitative estimate of drug-likeness (QED) is 0.404. The molecule has 1 aromatic carbocycles. The summed E-state index contributed by atoms with van der Waals surface area (Å²) in [6.45, 7) is 6.38. The maximum atomic E-state index is 13.4. The third-order valence-corrected chi connectivity index (χ3v) is 7.98. The van der Waals surface area contributed by atoms with Gasteiger partial charge in [0.05, 0.1) is 63.2 Å². The Kier molecular flexibility index (Phi) is 7.94. The molecule has 0 saturated carbocycles. The third kappa shape index (κ3) is 5.42. The first-order chi connectivity index (χ1) is 19.9. The number of aryl methyl sites for hydroxylation is 1. The fraction of sp³-hybridized carbons (Fsp3) is 0.500. The Hall–Kier alpha value is -3.51. The van der Waals surface area contributed by atoms with Gasteiger partial charge in [-0.3, -0.25) is 4.79 Å². The first kappa shape index (κ1) is 27.6. The van der Waals surface area contributed by atoms with Crippen LogP contribution in [0.4, 0.5) is 0 Å². The van der Waals surface area contributed by atoms with Gasteiger partial charge < -0.3 is 38.7 Å². The molecule has 2 aliphatic heterocycles. The van der Waals surface area contributed by atoms with Crippen molar-refractivity contribution in [1.82, 2.24) is 24.0 Å². The van der Waals surface area contributed by atoms with E-state index in [9.17, 15) is 4.79 Å². The van der Waals surface area contributed by atoms with E-state index in [4.69, 9.17) is 34.6 Å². The number of pyridine rings is 1. The molecule has 2 N–H and O–H groups in total. The Balaban J connectivity index is 1.44. The summed E-state index contributed by atoms with van der Waals surface area (Å²) in [7, 11) is 3.59. The number of imidazole rings is 1. The number of rotatable bonds is 3. The molecule has 41 heavy (non-hydrogen) atoms. The maximum Gasteiger partial charge on any atom is 0.254 e. The molecule has 218 valence electrons. The number of amides is 1. The highest BCUT2D eigenvalue weighted by molar-refractivity contribution is 6.00. The Bertz CT molecular complexity index is 1560. The number of piperidine rings is 1. The smallest absolute Gasteiger partial charge is 0.254 e. The molecule has 11 nitrogen and oxygen atoms in total. The van der Waals surface area contributed by atoms with Crippen molar-refractivity contribution in [2.75, 3.05) is 53.2 Å². The lowest BCUT2D eigenvalue weighted by atomic mass is 10.0. The van der Waals surface area contributed by atoms with Crippen LogP contribution in [0.3, 0.4) is 0 Å². The van der Waals surface area contributed by atoms with Crippen molar-refractivity contribution in [2.24, 2.45) is 12.8 Å². The average Bonchev–Trinajstić information content (AvgIpc) is 3.51. The van der Waals surface area contributed by atoms with E-state index in [0.29, 0.717) is 69.5 Å². The van der Waals surface area contributed by atoms with E-state index in [-0.39, 0.29) is 18.1 Å². The van der Waals surface area contributed by atoms with Gasteiger partial charge in [-0.15, -0.1) is 0 Å². The summed E-state index contributed by atoms with van der Waals surface area (Å²) in [5.74, 6) is 1.29. The van der Waals surface area contributed by atoms with Gasteiger partial charge in [0, 0.05) is 43.7 Å². The van der Waals surface area contributed by atoms with Crippen LogP contribution in [-0.4, -0.2) is 89.2 Å². The van der Waals surface area contributed by atoms with Gasteiger partial charge in [0.2, 0.25) is 0 Å². The zero-order chi connectivity index (χ0) is 28.5. The second kappa shape index (κ2) is 11.8. The minimum Gasteiger partial charge on any atom is -0.494 e. The van der Waals surface area contributed by atoms with Gasteiger partial charge >= 0.3 is 0 Å². The molecule has 1 amide bonds. The van der Waals surface area contributed by atoms with Gasteiger partial charge in [-0.25, -0.2) is 9.97 Å². The molecule has 1 unspecified atom stereocenters. The lowest BCUT2D eigenvalue weighted by Gasteiger charge is -2.30. The summed E-state index contributed by atoms with van der Waals surface area (Å²) >= 11 is 0.